The van der Waals surface area contributed by atoms with E-state index in [0.29, 0.717) is 12.3 Å². The Hall–Kier alpha value is -1.51. The molecule has 2 nitrogen and oxygen atoms in total. The summed E-state index contributed by atoms with van der Waals surface area (Å²) in [4.78, 5) is 4.77. The summed E-state index contributed by atoms with van der Waals surface area (Å²) < 4.78 is 2.13. The van der Waals surface area contributed by atoms with Crippen molar-refractivity contribution in [3.63, 3.8) is 0 Å². The molecule has 0 saturated heterocycles. The van der Waals surface area contributed by atoms with E-state index in [-0.39, 0.29) is 0 Å². The van der Waals surface area contributed by atoms with Gasteiger partial charge in [-0.15, -0.1) is 11.6 Å². The summed E-state index contributed by atoms with van der Waals surface area (Å²) in [5.41, 5.74) is 5.37. The van der Waals surface area contributed by atoms with Gasteiger partial charge in [-0.2, -0.15) is 0 Å². The molecule has 3 aromatic rings. The van der Waals surface area contributed by atoms with Gasteiger partial charge in [0.1, 0.15) is 5.82 Å². The quantitative estimate of drug-likeness (QED) is 0.616. The number of fused-ring (bicyclic) bond motifs is 1. The number of imidazole rings is 1. The Morgan fingerprint density at radius 1 is 1.14 bits per heavy atom. The molecule has 3 rings (SSSR count). The zero-order valence-electron chi connectivity index (χ0n) is 12.0. The maximum absolute atomic E-state index is 6.42. The van der Waals surface area contributed by atoms with Crippen molar-refractivity contribution in [1.82, 2.24) is 9.55 Å². The smallest absolute Gasteiger partial charge is 0.115 e. The third-order valence-electron chi connectivity index (χ3n) is 3.62. The van der Waals surface area contributed by atoms with Gasteiger partial charge in [0.05, 0.1) is 21.7 Å². The van der Waals surface area contributed by atoms with Gasteiger partial charge < -0.3 is 0 Å². The van der Waals surface area contributed by atoms with Gasteiger partial charge in [0, 0.05) is 12.3 Å². The lowest BCUT2D eigenvalue weighted by Crippen LogP contribution is -2.03. The van der Waals surface area contributed by atoms with Crippen LogP contribution in [0.25, 0.3) is 16.7 Å². The van der Waals surface area contributed by atoms with Crippen LogP contribution in [0.3, 0.4) is 0 Å². The summed E-state index contributed by atoms with van der Waals surface area (Å²) in [5, 5.41) is 0.720. The van der Waals surface area contributed by atoms with Crippen LogP contribution in [0.5, 0.6) is 0 Å². The monoisotopic (exact) mass is 318 g/mol. The largest absolute Gasteiger partial charge is 0.295 e. The summed E-state index contributed by atoms with van der Waals surface area (Å²) in [6, 6.07) is 12.2. The molecule has 2 aromatic carbocycles. The number of alkyl halides is 1. The van der Waals surface area contributed by atoms with Crippen LogP contribution in [0.15, 0.2) is 36.4 Å². The van der Waals surface area contributed by atoms with E-state index >= 15 is 0 Å². The average Bonchev–Trinajstić information content (AvgIpc) is 2.82. The molecule has 0 N–H and O–H groups in total. The minimum Gasteiger partial charge on any atom is -0.295 e. The van der Waals surface area contributed by atoms with Gasteiger partial charge in [-0.05, 0) is 43.2 Å². The van der Waals surface area contributed by atoms with Crippen molar-refractivity contribution in [2.24, 2.45) is 0 Å². The van der Waals surface area contributed by atoms with E-state index in [2.05, 4.69) is 36.6 Å². The molecule has 0 aliphatic rings. The molecule has 0 amide bonds. The highest BCUT2D eigenvalue weighted by molar-refractivity contribution is 6.32. The lowest BCUT2D eigenvalue weighted by atomic mass is 10.2. The standard InChI is InChI=1S/C17H16Cl2N2/c1-11-6-7-13(19)15(10-11)21-14-5-3-4-12(2)17(14)20-16(21)8-9-18/h3-7,10H,8-9H2,1-2H3. The lowest BCUT2D eigenvalue weighted by Gasteiger charge is -2.11. The van der Waals surface area contributed by atoms with Gasteiger partial charge in [-0.1, -0.05) is 29.8 Å². The molecule has 0 radical (unpaired) electrons. The Morgan fingerprint density at radius 2 is 1.95 bits per heavy atom. The predicted octanol–water partition coefficient (Wildman–Crippen LogP) is 5.08. The molecular weight excluding hydrogens is 303 g/mol. The van der Waals surface area contributed by atoms with Gasteiger partial charge in [-0.3, -0.25) is 4.57 Å². The van der Waals surface area contributed by atoms with Gasteiger partial charge in [0.25, 0.3) is 0 Å². The summed E-state index contributed by atoms with van der Waals surface area (Å²) in [7, 11) is 0. The van der Waals surface area contributed by atoms with Crippen LogP contribution < -0.4 is 0 Å². The Labute approximate surface area is 134 Å². The van der Waals surface area contributed by atoms with Crippen LogP contribution >= 0.6 is 23.2 Å². The lowest BCUT2D eigenvalue weighted by molar-refractivity contribution is 0.911. The van der Waals surface area contributed by atoms with Crippen molar-refractivity contribution in [1.29, 1.82) is 0 Å². The minimum atomic E-state index is 0.534. The van der Waals surface area contributed by atoms with E-state index in [0.717, 1.165) is 33.1 Å². The number of hydrogen-bond acceptors (Lipinski definition) is 1. The van der Waals surface area contributed by atoms with Crippen LogP contribution in [0.4, 0.5) is 0 Å². The first-order chi connectivity index (χ1) is 10.1. The number of rotatable bonds is 3. The van der Waals surface area contributed by atoms with Gasteiger partial charge in [0.2, 0.25) is 0 Å². The summed E-state index contributed by atoms with van der Waals surface area (Å²) >= 11 is 12.4. The minimum absolute atomic E-state index is 0.534. The molecule has 108 valence electrons. The van der Waals surface area contributed by atoms with Crippen molar-refractivity contribution in [3.05, 3.63) is 58.4 Å². The predicted molar refractivity (Wildman–Crippen MR) is 90.0 cm³/mol. The second-order valence-electron chi connectivity index (χ2n) is 5.20. The SMILES string of the molecule is Cc1ccc(Cl)c(-n2c(CCCl)nc3c(C)cccc32)c1. The Kier molecular flexibility index (Phi) is 3.92. The van der Waals surface area contributed by atoms with Crippen LogP contribution in [-0.2, 0) is 6.42 Å². The highest BCUT2D eigenvalue weighted by Crippen LogP contribution is 2.29. The highest BCUT2D eigenvalue weighted by Gasteiger charge is 2.15. The van der Waals surface area contributed by atoms with E-state index < -0.39 is 0 Å². The molecule has 0 spiro atoms. The Balaban J connectivity index is 2.36. The van der Waals surface area contributed by atoms with E-state index in [9.17, 15) is 0 Å². The molecule has 0 aliphatic heterocycles. The number of aryl methyl sites for hydroxylation is 3. The topological polar surface area (TPSA) is 17.8 Å². The third kappa shape index (κ3) is 2.54. The Bertz CT molecular complexity index is 806. The number of benzene rings is 2. The average molecular weight is 319 g/mol. The first-order valence-corrected chi connectivity index (χ1v) is 7.82. The molecule has 4 heteroatoms. The van der Waals surface area contributed by atoms with Gasteiger partial charge in [0.15, 0.2) is 0 Å². The summed E-state index contributed by atoms with van der Waals surface area (Å²) in [5.74, 6) is 1.48. The zero-order valence-corrected chi connectivity index (χ0v) is 13.5. The van der Waals surface area contributed by atoms with Crippen molar-refractivity contribution in [3.8, 4) is 5.69 Å². The van der Waals surface area contributed by atoms with E-state index in [4.69, 9.17) is 28.2 Å². The maximum atomic E-state index is 6.42. The normalized spacial score (nSPS) is 11.2. The number of nitrogens with zero attached hydrogens (tertiary/aromatic N) is 2. The van der Waals surface area contributed by atoms with E-state index in [1.54, 1.807) is 0 Å². The highest BCUT2D eigenvalue weighted by atomic mass is 35.5. The molecule has 0 fully saturated rings. The molecule has 0 bridgehead atoms. The molecule has 0 saturated carbocycles. The second-order valence-corrected chi connectivity index (χ2v) is 5.99. The molecule has 1 aromatic heterocycles. The summed E-state index contributed by atoms with van der Waals surface area (Å²) in [6.07, 6.45) is 0.708. The summed E-state index contributed by atoms with van der Waals surface area (Å²) in [6.45, 7) is 4.13. The van der Waals surface area contributed by atoms with Gasteiger partial charge in [-0.25, -0.2) is 4.98 Å². The van der Waals surface area contributed by atoms with Crippen LogP contribution in [-0.4, -0.2) is 15.4 Å². The molecule has 0 unspecified atom stereocenters. The molecule has 1 heterocycles. The Morgan fingerprint density at radius 3 is 2.71 bits per heavy atom. The number of aromatic nitrogens is 2. The van der Waals surface area contributed by atoms with E-state index in [1.807, 2.05) is 18.2 Å². The van der Waals surface area contributed by atoms with Gasteiger partial charge >= 0.3 is 0 Å². The fourth-order valence-corrected chi connectivity index (χ4v) is 2.97. The number of halogens is 2. The molecule has 21 heavy (non-hydrogen) atoms. The van der Waals surface area contributed by atoms with Crippen LogP contribution in [0.1, 0.15) is 17.0 Å². The first-order valence-electron chi connectivity index (χ1n) is 6.91. The maximum Gasteiger partial charge on any atom is 0.115 e. The first kappa shape index (κ1) is 14.4. The van der Waals surface area contributed by atoms with Crippen molar-refractivity contribution in [2.75, 3.05) is 5.88 Å². The van der Waals surface area contributed by atoms with Crippen LogP contribution in [0, 0.1) is 13.8 Å². The van der Waals surface area contributed by atoms with Crippen LogP contribution in [0.2, 0.25) is 5.02 Å². The van der Waals surface area contributed by atoms with Crippen molar-refractivity contribution in [2.45, 2.75) is 20.3 Å². The molecule has 0 aliphatic carbocycles. The second kappa shape index (κ2) is 5.70. The third-order valence-corrected chi connectivity index (χ3v) is 4.13. The van der Waals surface area contributed by atoms with Crippen molar-refractivity contribution < 1.29 is 0 Å². The molecular formula is C17H16Cl2N2. The molecule has 0 atom stereocenters. The number of hydrogen-bond donors (Lipinski definition) is 0. The van der Waals surface area contributed by atoms with Crippen molar-refractivity contribution >= 4 is 34.2 Å². The van der Waals surface area contributed by atoms with E-state index in [1.165, 1.54) is 5.56 Å². The number of para-hydroxylation sites is 1. The zero-order chi connectivity index (χ0) is 15.0. The fraction of sp³-hybridized carbons (Fsp3) is 0.235. The fourth-order valence-electron chi connectivity index (χ4n) is 2.60.